The molecule has 1 heterocycles. The summed E-state index contributed by atoms with van der Waals surface area (Å²) >= 11 is 13.6. The fourth-order valence-corrected chi connectivity index (χ4v) is 5.73. The first-order valence-electron chi connectivity index (χ1n) is 9.04. The summed E-state index contributed by atoms with van der Waals surface area (Å²) in [6.45, 7) is 0. The Labute approximate surface area is 216 Å². The number of hydrogen-bond donors (Lipinski definition) is 1. The number of fused-ring (bicyclic) bond motifs is 1. The zero-order valence-electron chi connectivity index (χ0n) is 16.2. The monoisotopic (exact) mass is 684 g/mol. The van der Waals surface area contributed by atoms with Crippen molar-refractivity contribution in [2.45, 2.75) is 0 Å². The fraction of sp³-hybridized carbons (Fsp3) is 0.0455. The number of benzene rings is 3. The van der Waals surface area contributed by atoms with Crippen molar-refractivity contribution in [2.75, 3.05) is 17.3 Å². The van der Waals surface area contributed by atoms with Crippen molar-refractivity contribution >= 4 is 92.8 Å². The van der Waals surface area contributed by atoms with Gasteiger partial charge in [0.1, 0.15) is 5.75 Å². The SMILES string of the molecule is COc1cccc(NC(=O)c2cccc(N3C(=O)c4c(Br)c(Br)c(Br)c(Br)c4C3=O)c2)c1. The van der Waals surface area contributed by atoms with Gasteiger partial charge >= 0.3 is 0 Å². The highest BCUT2D eigenvalue weighted by molar-refractivity contribution is 9.15. The van der Waals surface area contributed by atoms with Crippen LogP contribution in [-0.4, -0.2) is 24.8 Å². The molecule has 1 aliphatic rings. The molecule has 1 N–H and O–H groups in total. The van der Waals surface area contributed by atoms with Gasteiger partial charge in [-0.25, -0.2) is 4.90 Å². The Kier molecular flexibility index (Phi) is 6.58. The zero-order chi connectivity index (χ0) is 23.2. The Bertz CT molecular complexity index is 1260. The molecule has 32 heavy (non-hydrogen) atoms. The minimum absolute atomic E-state index is 0.239. The molecule has 4 rings (SSSR count). The first-order valence-corrected chi connectivity index (χ1v) is 12.2. The second-order valence-electron chi connectivity index (χ2n) is 6.69. The normalized spacial score (nSPS) is 12.7. The van der Waals surface area contributed by atoms with E-state index in [1.807, 2.05) is 0 Å². The van der Waals surface area contributed by atoms with Gasteiger partial charge in [-0.15, -0.1) is 0 Å². The van der Waals surface area contributed by atoms with E-state index in [0.717, 1.165) is 4.90 Å². The van der Waals surface area contributed by atoms with Crippen LogP contribution in [0.25, 0.3) is 0 Å². The Morgan fingerprint density at radius 1 is 0.844 bits per heavy atom. The average molecular weight is 688 g/mol. The van der Waals surface area contributed by atoms with Crippen molar-refractivity contribution in [3.05, 3.63) is 83.1 Å². The predicted octanol–water partition coefficient (Wildman–Crippen LogP) is 6.80. The minimum Gasteiger partial charge on any atom is -0.497 e. The van der Waals surface area contributed by atoms with Crippen molar-refractivity contribution in [3.63, 3.8) is 0 Å². The number of imide groups is 1. The molecule has 0 bridgehead atoms. The van der Waals surface area contributed by atoms with Crippen LogP contribution in [-0.2, 0) is 0 Å². The minimum atomic E-state index is -0.490. The van der Waals surface area contributed by atoms with Crippen molar-refractivity contribution < 1.29 is 19.1 Å². The summed E-state index contributed by atoms with van der Waals surface area (Å²) in [4.78, 5) is 40.2. The summed E-state index contributed by atoms with van der Waals surface area (Å²) in [5.41, 5.74) is 1.62. The Hall–Kier alpha value is -2.01. The number of anilines is 2. The highest BCUT2D eigenvalue weighted by Crippen LogP contribution is 2.46. The van der Waals surface area contributed by atoms with E-state index in [2.05, 4.69) is 69.0 Å². The van der Waals surface area contributed by atoms with Gasteiger partial charge in [-0.05, 0) is 94.1 Å². The van der Waals surface area contributed by atoms with Crippen LogP contribution in [0.5, 0.6) is 5.75 Å². The lowest BCUT2D eigenvalue weighted by Gasteiger charge is -2.15. The second kappa shape index (κ2) is 9.09. The molecule has 3 aromatic carbocycles. The molecular weight excluding hydrogens is 676 g/mol. The van der Waals surface area contributed by atoms with Gasteiger partial charge in [-0.1, -0.05) is 12.1 Å². The van der Waals surface area contributed by atoms with Gasteiger partial charge in [-0.2, -0.15) is 0 Å². The maximum Gasteiger partial charge on any atom is 0.267 e. The number of ether oxygens (including phenoxy) is 1. The number of methoxy groups -OCH3 is 1. The van der Waals surface area contributed by atoms with Gasteiger partial charge in [0.15, 0.2) is 0 Å². The summed E-state index contributed by atoms with van der Waals surface area (Å²) in [6, 6.07) is 13.3. The largest absolute Gasteiger partial charge is 0.497 e. The topological polar surface area (TPSA) is 75.7 Å². The third kappa shape index (κ3) is 3.93. The van der Waals surface area contributed by atoms with Crippen LogP contribution < -0.4 is 15.0 Å². The van der Waals surface area contributed by atoms with Gasteiger partial charge in [0.05, 0.1) is 23.9 Å². The van der Waals surface area contributed by atoms with Crippen LogP contribution in [0.15, 0.2) is 66.4 Å². The number of nitrogens with one attached hydrogen (secondary N) is 1. The molecule has 0 radical (unpaired) electrons. The second-order valence-corrected chi connectivity index (χ2v) is 9.86. The van der Waals surface area contributed by atoms with Crippen LogP contribution in [0.1, 0.15) is 31.1 Å². The van der Waals surface area contributed by atoms with E-state index in [1.54, 1.807) is 49.6 Å². The summed E-state index contributed by atoms with van der Waals surface area (Å²) in [5, 5.41) is 2.79. The number of rotatable bonds is 4. The van der Waals surface area contributed by atoms with Crippen LogP contribution in [0.2, 0.25) is 0 Å². The molecular formula is C22H12Br4N2O4. The lowest BCUT2D eigenvalue weighted by atomic mass is 10.1. The maximum atomic E-state index is 13.2. The zero-order valence-corrected chi connectivity index (χ0v) is 22.6. The number of halogens is 4. The van der Waals surface area contributed by atoms with Gasteiger partial charge in [0.2, 0.25) is 0 Å². The standard InChI is InChI=1S/C22H12Br4N2O4/c1-32-13-7-3-5-11(9-13)27-20(29)10-4-2-6-12(8-10)28-21(30)14-15(22(28)31)17(24)19(26)18(25)16(14)23/h2-9H,1H3,(H,27,29). The lowest BCUT2D eigenvalue weighted by molar-refractivity contribution is 0.0923. The van der Waals surface area contributed by atoms with Crippen molar-refractivity contribution in [1.82, 2.24) is 0 Å². The van der Waals surface area contributed by atoms with Crippen LogP contribution >= 0.6 is 63.7 Å². The summed E-state index contributed by atoms with van der Waals surface area (Å²) in [7, 11) is 1.54. The van der Waals surface area contributed by atoms with E-state index in [9.17, 15) is 14.4 Å². The quantitative estimate of drug-likeness (QED) is 0.186. The predicted molar refractivity (Wildman–Crippen MR) is 136 cm³/mol. The molecule has 0 saturated carbocycles. The van der Waals surface area contributed by atoms with E-state index in [1.165, 1.54) is 6.07 Å². The molecule has 3 aromatic rings. The van der Waals surface area contributed by atoms with Gasteiger partial charge in [-0.3, -0.25) is 14.4 Å². The molecule has 0 aromatic heterocycles. The summed E-state index contributed by atoms with van der Waals surface area (Å²) in [5.74, 6) is -0.757. The molecule has 6 nitrogen and oxygen atoms in total. The van der Waals surface area contributed by atoms with E-state index in [4.69, 9.17) is 4.74 Å². The van der Waals surface area contributed by atoms with E-state index in [-0.39, 0.29) is 17.0 Å². The third-order valence-electron chi connectivity index (χ3n) is 4.80. The maximum absolute atomic E-state index is 13.2. The number of amides is 3. The first kappa shape index (κ1) is 23.2. The molecule has 0 atom stereocenters. The molecule has 0 fully saturated rings. The van der Waals surface area contributed by atoms with Crippen molar-refractivity contribution in [1.29, 1.82) is 0 Å². The van der Waals surface area contributed by atoms with Gasteiger partial charge < -0.3 is 10.1 Å². The van der Waals surface area contributed by atoms with E-state index in [0.29, 0.717) is 40.6 Å². The first-order chi connectivity index (χ1) is 15.2. The molecule has 0 saturated heterocycles. The Morgan fingerprint density at radius 3 is 2.03 bits per heavy atom. The summed E-state index contributed by atoms with van der Waals surface area (Å²) in [6.07, 6.45) is 0. The molecule has 3 amide bonds. The number of hydrogen-bond acceptors (Lipinski definition) is 4. The molecule has 162 valence electrons. The number of carbonyl (C=O) groups is 3. The van der Waals surface area contributed by atoms with E-state index >= 15 is 0 Å². The summed E-state index contributed by atoms with van der Waals surface area (Å²) < 4.78 is 7.33. The number of carbonyl (C=O) groups excluding carboxylic acids is 3. The molecule has 0 spiro atoms. The highest BCUT2D eigenvalue weighted by atomic mass is 79.9. The molecule has 0 unspecified atom stereocenters. The van der Waals surface area contributed by atoms with Gasteiger partial charge in [0.25, 0.3) is 17.7 Å². The smallest absolute Gasteiger partial charge is 0.267 e. The molecule has 1 aliphatic heterocycles. The fourth-order valence-electron chi connectivity index (χ4n) is 3.27. The highest BCUT2D eigenvalue weighted by Gasteiger charge is 2.42. The molecule has 10 heteroatoms. The van der Waals surface area contributed by atoms with E-state index < -0.39 is 11.8 Å². The third-order valence-corrected chi connectivity index (χ3v) is 9.56. The van der Waals surface area contributed by atoms with Crippen LogP contribution in [0, 0.1) is 0 Å². The van der Waals surface area contributed by atoms with Gasteiger partial charge in [0, 0.05) is 35.2 Å². The van der Waals surface area contributed by atoms with Crippen LogP contribution in [0.4, 0.5) is 11.4 Å². The lowest BCUT2D eigenvalue weighted by Crippen LogP contribution is -2.29. The Balaban J connectivity index is 1.68. The van der Waals surface area contributed by atoms with Crippen LogP contribution in [0.3, 0.4) is 0 Å². The van der Waals surface area contributed by atoms with Crippen molar-refractivity contribution in [3.8, 4) is 5.75 Å². The average Bonchev–Trinajstić information content (AvgIpc) is 3.06. The Morgan fingerprint density at radius 2 is 1.44 bits per heavy atom. The number of nitrogens with zero attached hydrogens (tertiary/aromatic N) is 1. The van der Waals surface area contributed by atoms with Crippen molar-refractivity contribution in [2.24, 2.45) is 0 Å². The molecule has 0 aliphatic carbocycles.